The zero-order valence-corrected chi connectivity index (χ0v) is 20.5. The van der Waals surface area contributed by atoms with Crippen molar-refractivity contribution in [2.45, 2.75) is 39.1 Å². The van der Waals surface area contributed by atoms with Gasteiger partial charge in [0.1, 0.15) is 5.82 Å². The van der Waals surface area contributed by atoms with Crippen LogP contribution in [0, 0.1) is 6.92 Å². The standard InChI is InChI=1S/C27H31N3O2S/c1-5-29(6-2)22-16-14-21(15-17-22)26-24-10-8-9-11-25(24)30(7-3)27(26)28-33(31,32)23-18-12-20(4)13-19-23/h8-19,28H,5-7H2,1-4H3. The van der Waals surface area contributed by atoms with E-state index >= 15 is 0 Å². The van der Waals surface area contributed by atoms with E-state index < -0.39 is 10.0 Å². The molecule has 0 aliphatic carbocycles. The first kappa shape index (κ1) is 22.9. The van der Waals surface area contributed by atoms with Crippen molar-refractivity contribution in [2.75, 3.05) is 22.7 Å². The van der Waals surface area contributed by atoms with Gasteiger partial charge in [-0.3, -0.25) is 4.72 Å². The lowest BCUT2D eigenvalue weighted by Crippen LogP contribution is -2.21. The molecule has 1 aromatic heterocycles. The summed E-state index contributed by atoms with van der Waals surface area (Å²) in [6.07, 6.45) is 0. The summed E-state index contributed by atoms with van der Waals surface area (Å²) >= 11 is 0. The van der Waals surface area contributed by atoms with Gasteiger partial charge in [-0.25, -0.2) is 8.42 Å². The molecule has 3 aromatic carbocycles. The van der Waals surface area contributed by atoms with Gasteiger partial charge in [0.2, 0.25) is 0 Å². The first-order valence-corrected chi connectivity index (χ1v) is 12.9. The second-order valence-corrected chi connectivity index (χ2v) is 9.81. The number of anilines is 2. The van der Waals surface area contributed by atoms with Crippen LogP contribution in [0.1, 0.15) is 26.3 Å². The van der Waals surface area contributed by atoms with E-state index in [9.17, 15) is 8.42 Å². The molecule has 0 unspecified atom stereocenters. The lowest BCUT2D eigenvalue weighted by Gasteiger charge is -2.21. The summed E-state index contributed by atoms with van der Waals surface area (Å²) in [5, 5.41) is 1.02. The number of rotatable bonds is 8. The highest BCUT2D eigenvalue weighted by molar-refractivity contribution is 7.92. The summed E-state index contributed by atoms with van der Waals surface area (Å²) in [6, 6.07) is 23.4. The molecule has 0 aliphatic heterocycles. The molecule has 1 N–H and O–H groups in total. The molecule has 0 radical (unpaired) electrons. The Labute approximate surface area is 196 Å². The van der Waals surface area contributed by atoms with Crippen molar-refractivity contribution in [3.05, 3.63) is 78.4 Å². The van der Waals surface area contributed by atoms with E-state index in [0.29, 0.717) is 12.4 Å². The summed E-state index contributed by atoms with van der Waals surface area (Å²) in [5.74, 6) is 0.592. The fourth-order valence-corrected chi connectivity index (χ4v) is 5.44. The first-order valence-electron chi connectivity index (χ1n) is 11.5. The number of para-hydroxylation sites is 1. The second kappa shape index (κ2) is 9.32. The molecule has 4 aromatic rings. The molecular weight excluding hydrogens is 430 g/mol. The van der Waals surface area contributed by atoms with Crippen LogP contribution in [0.5, 0.6) is 0 Å². The molecule has 0 amide bonds. The highest BCUT2D eigenvalue weighted by Gasteiger charge is 2.23. The predicted molar refractivity (Wildman–Crippen MR) is 139 cm³/mol. The van der Waals surface area contributed by atoms with Crippen molar-refractivity contribution in [3.8, 4) is 11.1 Å². The van der Waals surface area contributed by atoms with E-state index in [0.717, 1.165) is 46.4 Å². The highest BCUT2D eigenvalue weighted by Crippen LogP contribution is 2.40. The zero-order chi connectivity index (χ0) is 23.6. The zero-order valence-electron chi connectivity index (χ0n) is 19.7. The van der Waals surface area contributed by atoms with Crippen LogP contribution in [-0.2, 0) is 16.6 Å². The number of aromatic nitrogens is 1. The first-order chi connectivity index (χ1) is 15.9. The SMILES string of the molecule is CCN(CC)c1ccc(-c2c(NS(=O)(=O)c3ccc(C)cc3)n(CC)c3ccccc23)cc1. The molecular formula is C27H31N3O2S. The van der Waals surface area contributed by atoms with Gasteiger partial charge >= 0.3 is 0 Å². The third kappa shape index (κ3) is 4.35. The van der Waals surface area contributed by atoms with Gasteiger partial charge in [0.25, 0.3) is 10.0 Å². The quantitative estimate of drug-likeness (QED) is 0.336. The van der Waals surface area contributed by atoms with Crippen molar-refractivity contribution in [1.82, 2.24) is 4.57 Å². The van der Waals surface area contributed by atoms with Gasteiger partial charge < -0.3 is 9.47 Å². The highest BCUT2D eigenvalue weighted by atomic mass is 32.2. The summed E-state index contributed by atoms with van der Waals surface area (Å²) in [4.78, 5) is 2.55. The summed E-state index contributed by atoms with van der Waals surface area (Å²) < 4.78 is 31.6. The van der Waals surface area contributed by atoms with E-state index in [1.807, 2.05) is 48.7 Å². The third-order valence-electron chi connectivity index (χ3n) is 6.13. The third-order valence-corrected chi connectivity index (χ3v) is 7.49. The van der Waals surface area contributed by atoms with Crippen LogP contribution in [0.25, 0.3) is 22.0 Å². The van der Waals surface area contributed by atoms with Crippen LogP contribution in [-0.4, -0.2) is 26.1 Å². The lowest BCUT2D eigenvalue weighted by molar-refractivity contribution is 0.600. The Morgan fingerprint density at radius 1 is 0.848 bits per heavy atom. The molecule has 0 atom stereocenters. The number of benzene rings is 3. The van der Waals surface area contributed by atoms with Crippen LogP contribution < -0.4 is 9.62 Å². The van der Waals surface area contributed by atoms with Gasteiger partial charge in [0.05, 0.1) is 10.4 Å². The normalized spacial score (nSPS) is 11.6. The molecule has 5 nitrogen and oxygen atoms in total. The van der Waals surface area contributed by atoms with Gasteiger partial charge in [0, 0.05) is 36.3 Å². The van der Waals surface area contributed by atoms with Crippen molar-refractivity contribution in [2.24, 2.45) is 0 Å². The van der Waals surface area contributed by atoms with Crippen molar-refractivity contribution in [1.29, 1.82) is 0 Å². The van der Waals surface area contributed by atoms with E-state index in [1.54, 1.807) is 12.1 Å². The number of hydrogen-bond donors (Lipinski definition) is 1. The smallest absolute Gasteiger partial charge is 0.263 e. The Balaban J connectivity index is 1.88. The van der Waals surface area contributed by atoms with E-state index in [-0.39, 0.29) is 4.90 Å². The average molecular weight is 462 g/mol. The number of fused-ring (bicyclic) bond motifs is 1. The Bertz CT molecular complexity index is 1350. The fourth-order valence-electron chi connectivity index (χ4n) is 4.36. The van der Waals surface area contributed by atoms with Crippen LogP contribution in [0.15, 0.2) is 77.7 Å². The van der Waals surface area contributed by atoms with Crippen LogP contribution in [0.3, 0.4) is 0 Å². The van der Waals surface area contributed by atoms with Crippen molar-refractivity contribution < 1.29 is 8.42 Å². The number of nitrogens with zero attached hydrogens (tertiary/aromatic N) is 2. The molecule has 6 heteroatoms. The van der Waals surface area contributed by atoms with Gasteiger partial charge in [-0.2, -0.15) is 0 Å². The molecule has 1 heterocycles. The number of hydrogen-bond acceptors (Lipinski definition) is 3. The number of nitrogens with one attached hydrogen (secondary N) is 1. The van der Waals surface area contributed by atoms with Crippen LogP contribution >= 0.6 is 0 Å². The van der Waals surface area contributed by atoms with E-state index in [4.69, 9.17) is 0 Å². The van der Waals surface area contributed by atoms with E-state index in [2.05, 4.69) is 53.8 Å². The maximum atomic E-state index is 13.3. The number of sulfonamides is 1. The molecule has 0 saturated heterocycles. The van der Waals surface area contributed by atoms with E-state index in [1.165, 1.54) is 0 Å². The Hall–Kier alpha value is -3.25. The largest absolute Gasteiger partial charge is 0.372 e. The molecule has 0 fully saturated rings. The second-order valence-electron chi connectivity index (χ2n) is 8.12. The van der Waals surface area contributed by atoms with Crippen molar-refractivity contribution >= 4 is 32.4 Å². The Kier molecular flexibility index (Phi) is 6.47. The number of aryl methyl sites for hydroxylation is 2. The molecule has 33 heavy (non-hydrogen) atoms. The van der Waals surface area contributed by atoms with Gasteiger partial charge in [0.15, 0.2) is 0 Å². The van der Waals surface area contributed by atoms with Crippen molar-refractivity contribution in [3.63, 3.8) is 0 Å². The lowest BCUT2D eigenvalue weighted by atomic mass is 10.0. The molecule has 0 saturated carbocycles. The summed E-state index contributed by atoms with van der Waals surface area (Å²) in [5.41, 5.74) is 5.06. The molecule has 0 bridgehead atoms. The molecule has 172 valence electrons. The minimum absolute atomic E-state index is 0.254. The average Bonchev–Trinajstić information content (AvgIpc) is 3.13. The minimum atomic E-state index is -3.75. The summed E-state index contributed by atoms with van der Waals surface area (Å²) in [7, 11) is -3.75. The summed E-state index contributed by atoms with van der Waals surface area (Å²) in [6.45, 7) is 10.8. The van der Waals surface area contributed by atoms with Crippen LogP contribution in [0.4, 0.5) is 11.5 Å². The monoisotopic (exact) mass is 461 g/mol. The molecule has 0 aliphatic rings. The molecule has 4 rings (SSSR count). The Morgan fingerprint density at radius 2 is 1.48 bits per heavy atom. The fraction of sp³-hybridized carbons (Fsp3) is 0.259. The van der Waals surface area contributed by atoms with Gasteiger partial charge in [-0.05, 0) is 63.6 Å². The van der Waals surface area contributed by atoms with Crippen LogP contribution in [0.2, 0.25) is 0 Å². The topological polar surface area (TPSA) is 54.3 Å². The Morgan fingerprint density at radius 3 is 2.09 bits per heavy atom. The predicted octanol–water partition coefficient (Wildman–Crippen LogP) is 6.28. The maximum Gasteiger partial charge on any atom is 0.263 e. The molecule has 0 spiro atoms. The van der Waals surface area contributed by atoms with Gasteiger partial charge in [-0.1, -0.05) is 48.0 Å². The maximum absolute atomic E-state index is 13.3. The van der Waals surface area contributed by atoms with Gasteiger partial charge in [-0.15, -0.1) is 0 Å². The minimum Gasteiger partial charge on any atom is -0.372 e.